The molecule has 3 nitrogen and oxygen atoms in total. The minimum atomic E-state index is -0.346. The van der Waals surface area contributed by atoms with Crippen molar-refractivity contribution in [1.29, 1.82) is 0 Å². The number of allylic oxidation sites excluding steroid dienone is 1. The summed E-state index contributed by atoms with van der Waals surface area (Å²) in [4.78, 5) is 11.5. The molecule has 23 heavy (non-hydrogen) atoms. The highest BCUT2D eigenvalue weighted by molar-refractivity contribution is 6.26. The zero-order chi connectivity index (χ0) is 16.4. The number of rotatable bonds is 4. The molecule has 0 amide bonds. The highest BCUT2D eigenvalue weighted by Crippen LogP contribution is 2.49. The van der Waals surface area contributed by atoms with Crippen LogP contribution in [0.4, 0.5) is 0 Å². The van der Waals surface area contributed by atoms with E-state index in [1.165, 1.54) is 11.1 Å². The summed E-state index contributed by atoms with van der Waals surface area (Å²) in [6, 6.07) is 10.3. The van der Waals surface area contributed by atoms with Gasteiger partial charge in [-0.3, -0.25) is 4.79 Å². The van der Waals surface area contributed by atoms with Crippen LogP contribution in [0.15, 0.2) is 42.0 Å². The van der Waals surface area contributed by atoms with Gasteiger partial charge in [0.25, 0.3) is 0 Å². The Bertz CT molecular complexity index is 584. The highest BCUT2D eigenvalue weighted by atomic mass is 35.5. The Morgan fingerprint density at radius 3 is 2.78 bits per heavy atom. The van der Waals surface area contributed by atoms with Crippen LogP contribution in [0.5, 0.6) is 0 Å². The van der Waals surface area contributed by atoms with Gasteiger partial charge in [0, 0.05) is 11.8 Å². The van der Waals surface area contributed by atoms with Crippen molar-refractivity contribution >= 4 is 17.6 Å². The predicted molar refractivity (Wildman–Crippen MR) is 90.2 cm³/mol. The summed E-state index contributed by atoms with van der Waals surface area (Å²) in [5.74, 6) is 0.901. The van der Waals surface area contributed by atoms with Gasteiger partial charge in [0.1, 0.15) is 5.88 Å². The molecule has 0 spiro atoms. The lowest BCUT2D eigenvalue weighted by molar-refractivity contribution is -0.152. The zero-order valence-corrected chi connectivity index (χ0v) is 14.3. The van der Waals surface area contributed by atoms with E-state index < -0.39 is 0 Å². The van der Waals surface area contributed by atoms with E-state index in [0.29, 0.717) is 25.0 Å². The smallest absolute Gasteiger partial charge is 0.320 e. The van der Waals surface area contributed by atoms with Crippen LogP contribution in [-0.2, 0) is 14.3 Å². The Hall–Kier alpha value is -1.32. The van der Waals surface area contributed by atoms with Gasteiger partial charge in [-0.15, -0.1) is 11.6 Å². The van der Waals surface area contributed by atoms with Gasteiger partial charge in [-0.05, 0) is 24.3 Å². The number of halogens is 1. The van der Waals surface area contributed by atoms with Crippen LogP contribution in [0.3, 0.4) is 0 Å². The predicted octanol–water partition coefficient (Wildman–Crippen LogP) is 3.98. The third-order valence-corrected chi connectivity index (χ3v) is 5.42. The quantitative estimate of drug-likeness (QED) is 0.474. The first kappa shape index (κ1) is 16.5. The van der Waals surface area contributed by atoms with Gasteiger partial charge in [0.15, 0.2) is 0 Å². The van der Waals surface area contributed by atoms with Gasteiger partial charge in [-0.2, -0.15) is 0 Å². The van der Waals surface area contributed by atoms with E-state index in [1.54, 1.807) is 0 Å². The lowest BCUT2D eigenvalue weighted by Gasteiger charge is -2.48. The first-order valence-corrected chi connectivity index (χ1v) is 8.71. The first-order chi connectivity index (χ1) is 11.1. The van der Waals surface area contributed by atoms with Gasteiger partial charge in [-0.25, -0.2) is 0 Å². The van der Waals surface area contributed by atoms with Crippen LogP contribution >= 0.6 is 11.6 Å². The average Bonchev–Trinajstić information content (AvgIpc) is 2.58. The summed E-state index contributed by atoms with van der Waals surface area (Å²) in [5, 5.41) is 0. The molecule has 4 heteroatoms. The molecule has 5 atom stereocenters. The molecule has 1 aliphatic carbocycles. The van der Waals surface area contributed by atoms with Crippen molar-refractivity contribution in [2.75, 3.05) is 19.1 Å². The average molecular weight is 335 g/mol. The van der Waals surface area contributed by atoms with Gasteiger partial charge >= 0.3 is 5.97 Å². The molecule has 0 aromatic heterocycles. The van der Waals surface area contributed by atoms with Gasteiger partial charge in [-0.1, -0.05) is 48.9 Å². The highest BCUT2D eigenvalue weighted by Gasteiger charge is 2.46. The largest absolute Gasteiger partial charge is 0.464 e. The fourth-order valence-corrected chi connectivity index (χ4v) is 4.18. The van der Waals surface area contributed by atoms with Crippen molar-refractivity contribution < 1.29 is 14.3 Å². The second kappa shape index (κ2) is 7.06. The maximum Gasteiger partial charge on any atom is 0.320 e. The number of esters is 1. The summed E-state index contributed by atoms with van der Waals surface area (Å²) in [5.41, 5.74) is 2.51. The molecule has 0 saturated carbocycles. The van der Waals surface area contributed by atoms with Crippen LogP contribution in [0, 0.1) is 23.7 Å². The van der Waals surface area contributed by atoms with E-state index in [0.717, 1.165) is 0 Å². The fourth-order valence-electron chi connectivity index (χ4n) is 4.10. The molecule has 0 N–H and O–H groups in total. The van der Waals surface area contributed by atoms with Crippen molar-refractivity contribution in [3.8, 4) is 0 Å². The molecule has 3 rings (SSSR count). The monoisotopic (exact) mass is 334 g/mol. The lowest BCUT2D eigenvalue weighted by Crippen LogP contribution is -2.46. The normalized spacial score (nSPS) is 33.0. The van der Waals surface area contributed by atoms with E-state index in [9.17, 15) is 4.79 Å². The number of hydrogen-bond acceptors (Lipinski definition) is 3. The molecule has 0 unspecified atom stereocenters. The second-order valence-electron chi connectivity index (χ2n) is 6.60. The van der Waals surface area contributed by atoms with E-state index in [1.807, 2.05) is 18.2 Å². The Balaban J connectivity index is 1.88. The van der Waals surface area contributed by atoms with Crippen molar-refractivity contribution in [1.82, 2.24) is 0 Å². The summed E-state index contributed by atoms with van der Waals surface area (Å²) in [7, 11) is 0. The first-order valence-electron chi connectivity index (χ1n) is 8.18. The van der Waals surface area contributed by atoms with Crippen LogP contribution in [0.25, 0.3) is 0 Å². The molecule has 2 aliphatic rings. The number of carbonyl (C=O) groups is 1. The molecule has 124 valence electrons. The van der Waals surface area contributed by atoms with Crippen molar-refractivity contribution in [2.24, 2.45) is 23.7 Å². The van der Waals surface area contributed by atoms with Gasteiger partial charge in [0.05, 0.1) is 19.3 Å². The number of fused-ring (bicyclic) bond motifs is 2. The molecule has 1 heterocycles. The SMILES string of the molecule is CC1=C[C@@H](C)[C@@H]2CO[C@@H](c3ccccc3)[C@H]1[C@@H]2COC(=O)CCl. The molecule has 0 radical (unpaired) electrons. The third-order valence-electron chi connectivity index (χ3n) is 5.21. The number of benzene rings is 1. The van der Waals surface area contributed by atoms with Crippen molar-refractivity contribution in [3.05, 3.63) is 47.5 Å². The summed E-state index contributed by atoms with van der Waals surface area (Å²) in [6.45, 7) is 5.50. The van der Waals surface area contributed by atoms with E-state index in [4.69, 9.17) is 21.1 Å². The van der Waals surface area contributed by atoms with Crippen molar-refractivity contribution in [2.45, 2.75) is 20.0 Å². The Labute approximate surface area is 142 Å². The summed E-state index contributed by atoms with van der Waals surface area (Å²) >= 11 is 5.56. The molecule has 1 aromatic carbocycles. The van der Waals surface area contributed by atoms with Crippen LogP contribution in [-0.4, -0.2) is 25.1 Å². The molecular formula is C19H23ClO3. The van der Waals surface area contributed by atoms with Gasteiger partial charge < -0.3 is 9.47 Å². The van der Waals surface area contributed by atoms with Gasteiger partial charge in [0.2, 0.25) is 0 Å². The number of hydrogen-bond donors (Lipinski definition) is 0. The number of alkyl halides is 1. The van der Waals surface area contributed by atoms with Crippen molar-refractivity contribution in [3.63, 3.8) is 0 Å². The van der Waals surface area contributed by atoms with Crippen LogP contribution < -0.4 is 0 Å². The number of carbonyl (C=O) groups excluding carboxylic acids is 1. The maximum atomic E-state index is 11.5. The van der Waals surface area contributed by atoms with E-state index in [-0.39, 0.29) is 29.8 Å². The Kier molecular flexibility index (Phi) is 5.08. The van der Waals surface area contributed by atoms with Crippen LogP contribution in [0.2, 0.25) is 0 Å². The standard InChI is InChI=1S/C19H23ClO3/c1-12-8-13(2)18-16(11-22-17(21)9-20)15(12)10-23-19(18)14-6-4-3-5-7-14/h3-8,12,15-16,18-19H,9-11H2,1-2H3/t12-,15+,16-,18-,19+/m1/s1. The maximum absolute atomic E-state index is 11.5. The zero-order valence-electron chi connectivity index (χ0n) is 13.6. The molecule has 1 aromatic rings. The second-order valence-corrected chi connectivity index (χ2v) is 6.87. The van der Waals surface area contributed by atoms with Crippen LogP contribution in [0.1, 0.15) is 25.5 Å². The van der Waals surface area contributed by atoms with E-state index >= 15 is 0 Å². The lowest BCUT2D eigenvalue weighted by atomic mass is 9.64. The fraction of sp³-hybridized carbons (Fsp3) is 0.526. The summed E-state index contributed by atoms with van der Waals surface area (Å²) in [6.07, 6.45) is 2.38. The third kappa shape index (κ3) is 3.31. The topological polar surface area (TPSA) is 35.5 Å². The number of ether oxygens (including phenoxy) is 2. The molecule has 1 fully saturated rings. The minimum absolute atomic E-state index is 0.0240. The Morgan fingerprint density at radius 2 is 2.09 bits per heavy atom. The molecule has 2 bridgehead atoms. The molecule has 1 aliphatic heterocycles. The van der Waals surface area contributed by atoms with E-state index in [2.05, 4.69) is 32.1 Å². The Morgan fingerprint density at radius 1 is 1.35 bits per heavy atom. The summed E-state index contributed by atoms with van der Waals surface area (Å²) < 4.78 is 11.6. The molecular weight excluding hydrogens is 312 g/mol. The minimum Gasteiger partial charge on any atom is -0.464 e. The molecule has 1 saturated heterocycles.